The summed E-state index contributed by atoms with van der Waals surface area (Å²) in [5.41, 5.74) is 11.7. The number of nitrogens with zero attached hydrogens (tertiary/aromatic N) is 2. The highest BCUT2D eigenvalue weighted by Crippen LogP contribution is 2.45. The van der Waals surface area contributed by atoms with Gasteiger partial charge in [-0.2, -0.15) is 0 Å². The number of fused-ring (bicyclic) bond motifs is 6. The van der Waals surface area contributed by atoms with Crippen LogP contribution in [0.2, 0.25) is 0 Å². The van der Waals surface area contributed by atoms with Gasteiger partial charge in [0.25, 0.3) is 0 Å². The van der Waals surface area contributed by atoms with Crippen molar-refractivity contribution >= 4 is 70.4 Å². The molecule has 0 N–H and O–H groups in total. The van der Waals surface area contributed by atoms with Gasteiger partial charge in [0.05, 0.1) is 16.7 Å². The Bertz CT molecular complexity index is 2770. The number of benzene rings is 8. The molecule has 0 fully saturated rings. The minimum Gasteiger partial charge on any atom is -0.310 e. The van der Waals surface area contributed by atoms with Gasteiger partial charge in [-0.05, 0) is 83.4 Å². The normalized spacial score (nSPS) is 11.5. The summed E-state index contributed by atoms with van der Waals surface area (Å²) in [4.78, 5) is 2.35. The molecule has 0 amide bonds. The lowest BCUT2D eigenvalue weighted by Crippen LogP contribution is -2.10. The first kappa shape index (κ1) is 29.5. The molecule has 0 bridgehead atoms. The van der Waals surface area contributed by atoms with E-state index in [4.69, 9.17) is 0 Å². The molecule has 240 valence electrons. The van der Waals surface area contributed by atoms with Gasteiger partial charge in [-0.3, -0.25) is 0 Å². The van der Waals surface area contributed by atoms with Crippen LogP contribution in [0.15, 0.2) is 194 Å². The van der Waals surface area contributed by atoms with Gasteiger partial charge >= 0.3 is 0 Å². The molecule has 2 heterocycles. The third-order valence-electron chi connectivity index (χ3n) is 10.00. The molecular formula is C48H32N2S. The first-order valence-corrected chi connectivity index (χ1v) is 18.2. The Kier molecular flexibility index (Phi) is 7.04. The number of hydrogen-bond acceptors (Lipinski definition) is 2. The van der Waals surface area contributed by atoms with E-state index in [1.165, 1.54) is 64.2 Å². The van der Waals surface area contributed by atoms with Crippen LogP contribution < -0.4 is 4.90 Å². The summed E-state index contributed by atoms with van der Waals surface area (Å²) in [5, 5.41) is 5.14. The highest BCUT2D eigenvalue weighted by Gasteiger charge is 2.20. The molecule has 0 aliphatic heterocycles. The van der Waals surface area contributed by atoms with E-state index >= 15 is 0 Å². The first-order valence-electron chi connectivity index (χ1n) is 17.4. The molecule has 0 radical (unpaired) electrons. The van der Waals surface area contributed by atoms with Crippen LogP contribution in [0.4, 0.5) is 17.1 Å². The third-order valence-corrected chi connectivity index (χ3v) is 11.1. The molecule has 0 saturated heterocycles. The van der Waals surface area contributed by atoms with Crippen LogP contribution in [-0.4, -0.2) is 4.57 Å². The summed E-state index contributed by atoms with van der Waals surface area (Å²) in [6.45, 7) is 0. The Morgan fingerprint density at radius 1 is 0.353 bits per heavy atom. The largest absolute Gasteiger partial charge is 0.310 e. The van der Waals surface area contributed by atoms with Crippen LogP contribution >= 0.6 is 11.3 Å². The van der Waals surface area contributed by atoms with Gasteiger partial charge in [-0.1, -0.05) is 127 Å². The van der Waals surface area contributed by atoms with E-state index in [0.29, 0.717) is 0 Å². The molecule has 2 aromatic heterocycles. The smallest absolute Gasteiger partial charge is 0.0541 e. The zero-order valence-electron chi connectivity index (χ0n) is 27.8. The minimum atomic E-state index is 1.11. The van der Waals surface area contributed by atoms with Crippen LogP contribution in [-0.2, 0) is 0 Å². The fraction of sp³-hybridized carbons (Fsp3) is 0. The van der Waals surface area contributed by atoms with Crippen molar-refractivity contribution in [1.82, 2.24) is 4.57 Å². The second-order valence-electron chi connectivity index (χ2n) is 12.9. The van der Waals surface area contributed by atoms with Crippen LogP contribution in [0, 0.1) is 0 Å². The Labute approximate surface area is 300 Å². The molecule has 0 saturated carbocycles. The molecular weight excluding hydrogens is 637 g/mol. The molecule has 10 aromatic rings. The molecule has 2 nitrogen and oxygen atoms in total. The number of para-hydroxylation sites is 5. The number of aromatic nitrogens is 1. The maximum absolute atomic E-state index is 2.44. The molecule has 10 rings (SSSR count). The standard InChI is InChI=1S/C48H32N2S/c1-3-15-34(16-4-1)49(35-17-5-2-6-18-35)36-28-30-37(43(32-36)33-27-29-42-41-22-10-14-26-47(41)51-48(42)31-33)38-19-7-11-23-44(38)50-45-24-12-8-20-39(45)40-21-9-13-25-46(40)50/h1-32H. The second-order valence-corrected chi connectivity index (χ2v) is 14.0. The monoisotopic (exact) mass is 668 g/mol. The van der Waals surface area contributed by atoms with Gasteiger partial charge in [0.2, 0.25) is 0 Å². The van der Waals surface area contributed by atoms with Gasteiger partial charge in [0, 0.05) is 53.6 Å². The van der Waals surface area contributed by atoms with Crippen molar-refractivity contribution in [1.29, 1.82) is 0 Å². The average molecular weight is 669 g/mol. The van der Waals surface area contributed by atoms with Crippen molar-refractivity contribution in [3.8, 4) is 27.9 Å². The van der Waals surface area contributed by atoms with Crippen molar-refractivity contribution in [2.24, 2.45) is 0 Å². The van der Waals surface area contributed by atoms with Crippen molar-refractivity contribution in [2.75, 3.05) is 4.90 Å². The van der Waals surface area contributed by atoms with Gasteiger partial charge < -0.3 is 9.47 Å². The topological polar surface area (TPSA) is 8.17 Å². The number of hydrogen-bond donors (Lipinski definition) is 0. The fourth-order valence-corrected chi connectivity index (χ4v) is 8.86. The fourth-order valence-electron chi connectivity index (χ4n) is 7.72. The van der Waals surface area contributed by atoms with Crippen molar-refractivity contribution < 1.29 is 0 Å². The Morgan fingerprint density at radius 3 is 1.63 bits per heavy atom. The number of rotatable bonds is 6. The van der Waals surface area contributed by atoms with E-state index in [1.807, 2.05) is 11.3 Å². The summed E-state index contributed by atoms with van der Waals surface area (Å²) in [6, 6.07) is 70.4. The van der Waals surface area contributed by atoms with Gasteiger partial charge in [0.15, 0.2) is 0 Å². The summed E-state index contributed by atoms with van der Waals surface area (Å²) in [6.07, 6.45) is 0. The molecule has 8 aromatic carbocycles. The number of anilines is 3. The van der Waals surface area contributed by atoms with Crippen LogP contribution in [0.5, 0.6) is 0 Å². The summed E-state index contributed by atoms with van der Waals surface area (Å²) in [5.74, 6) is 0. The van der Waals surface area contributed by atoms with Crippen LogP contribution in [0.3, 0.4) is 0 Å². The van der Waals surface area contributed by atoms with Crippen molar-refractivity contribution in [2.45, 2.75) is 0 Å². The van der Waals surface area contributed by atoms with Gasteiger partial charge in [0.1, 0.15) is 0 Å². The quantitative estimate of drug-likeness (QED) is 0.171. The Morgan fingerprint density at radius 2 is 0.922 bits per heavy atom. The zero-order valence-corrected chi connectivity index (χ0v) is 28.6. The summed E-state index contributed by atoms with van der Waals surface area (Å²) >= 11 is 1.87. The van der Waals surface area contributed by atoms with E-state index in [-0.39, 0.29) is 0 Å². The molecule has 0 unspecified atom stereocenters. The van der Waals surface area contributed by atoms with E-state index in [2.05, 4.69) is 204 Å². The molecule has 0 aliphatic carbocycles. The maximum atomic E-state index is 2.44. The predicted molar refractivity (Wildman–Crippen MR) is 219 cm³/mol. The zero-order chi connectivity index (χ0) is 33.7. The van der Waals surface area contributed by atoms with Gasteiger partial charge in [-0.15, -0.1) is 11.3 Å². The molecule has 0 aliphatic rings. The van der Waals surface area contributed by atoms with E-state index < -0.39 is 0 Å². The van der Waals surface area contributed by atoms with Crippen molar-refractivity contribution in [3.63, 3.8) is 0 Å². The molecule has 51 heavy (non-hydrogen) atoms. The lowest BCUT2D eigenvalue weighted by Gasteiger charge is -2.27. The highest BCUT2D eigenvalue weighted by atomic mass is 32.1. The Hall–Kier alpha value is -6.42. The van der Waals surface area contributed by atoms with Crippen LogP contribution in [0.25, 0.3) is 69.9 Å². The lowest BCUT2D eigenvalue weighted by atomic mass is 9.92. The summed E-state index contributed by atoms with van der Waals surface area (Å²) in [7, 11) is 0. The van der Waals surface area contributed by atoms with E-state index in [0.717, 1.165) is 22.7 Å². The van der Waals surface area contributed by atoms with Crippen LogP contribution in [0.1, 0.15) is 0 Å². The Balaban J connectivity index is 1.25. The molecule has 3 heteroatoms. The van der Waals surface area contributed by atoms with E-state index in [1.54, 1.807) is 0 Å². The number of thiophene rings is 1. The molecule has 0 spiro atoms. The van der Waals surface area contributed by atoms with Gasteiger partial charge in [-0.25, -0.2) is 0 Å². The average Bonchev–Trinajstić information content (AvgIpc) is 3.74. The van der Waals surface area contributed by atoms with E-state index in [9.17, 15) is 0 Å². The molecule has 0 atom stereocenters. The van der Waals surface area contributed by atoms with Crippen molar-refractivity contribution in [3.05, 3.63) is 194 Å². The second kappa shape index (κ2) is 12.2. The predicted octanol–water partition coefficient (Wildman–Crippen LogP) is 14.0. The maximum Gasteiger partial charge on any atom is 0.0541 e. The third kappa shape index (κ3) is 4.93. The first-order chi connectivity index (χ1) is 25.3. The SMILES string of the molecule is c1ccc(N(c2ccccc2)c2ccc(-c3ccccc3-n3c4ccccc4c4ccccc43)c(-c3ccc4c(c3)sc3ccccc34)c2)cc1. The lowest BCUT2D eigenvalue weighted by molar-refractivity contribution is 1.18. The summed E-state index contributed by atoms with van der Waals surface area (Å²) < 4.78 is 5.05. The minimum absolute atomic E-state index is 1.11. The highest BCUT2D eigenvalue weighted by molar-refractivity contribution is 7.25.